The first kappa shape index (κ1) is 14.6. The second kappa shape index (κ2) is 6.57. The van der Waals surface area contributed by atoms with Crippen LogP contribution in [0.25, 0.3) is 0 Å². The lowest BCUT2D eigenvalue weighted by Gasteiger charge is -2.20. The molecule has 2 aromatic rings. The zero-order valence-corrected chi connectivity index (χ0v) is 12.3. The van der Waals surface area contributed by atoms with Crippen molar-refractivity contribution in [1.29, 1.82) is 0 Å². The molecule has 0 saturated heterocycles. The number of ether oxygens (including phenoxy) is 1. The number of halogens is 1. The quantitative estimate of drug-likeness (QED) is 0.789. The van der Waals surface area contributed by atoms with Gasteiger partial charge in [0.15, 0.2) is 0 Å². The van der Waals surface area contributed by atoms with Crippen LogP contribution in [0.5, 0.6) is 0 Å². The van der Waals surface area contributed by atoms with E-state index < -0.39 is 0 Å². The van der Waals surface area contributed by atoms with E-state index in [0.29, 0.717) is 10.7 Å². The third-order valence-electron chi connectivity index (χ3n) is 3.19. The largest absolute Gasteiger partial charge is 0.464 e. The van der Waals surface area contributed by atoms with Crippen LogP contribution in [-0.4, -0.2) is 22.6 Å². The van der Waals surface area contributed by atoms with Crippen LogP contribution < -0.4 is 0 Å². The Kier molecular flexibility index (Phi) is 4.79. The first-order chi connectivity index (χ1) is 9.67. The van der Waals surface area contributed by atoms with Crippen LogP contribution in [0.4, 0.5) is 0 Å². The number of methoxy groups -OCH3 is 1. The molecule has 0 aliphatic heterocycles. The fourth-order valence-corrected chi connectivity index (χ4v) is 2.47. The second-order valence-electron chi connectivity index (χ2n) is 4.54. The predicted octanol–water partition coefficient (Wildman–Crippen LogP) is 3.71. The molecule has 20 heavy (non-hydrogen) atoms. The Labute approximate surface area is 123 Å². The van der Waals surface area contributed by atoms with Crippen LogP contribution in [0, 0.1) is 0 Å². The van der Waals surface area contributed by atoms with Gasteiger partial charge in [0, 0.05) is 5.02 Å². The van der Waals surface area contributed by atoms with Crippen molar-refractivity contribution in [3.63, 3.8) is 0 Å². The minimum Gasteiger partial charge on any atom is -0.464 e. The molecule has 106 valence electrons. The highest BCUT2D eigenvalue weighted by Gasteiger charge is 2.20. The molecule has 0 bridgehead atoms. The summed E-state index contributed by atoms with van der Waals surface area (Å²) in [4.78, 5) is 15.9. The number of rotatable bonds is 5. The van der Waals surface area contributed by atoms with E-state index >= 15 is 0 Å². The number of hydrogen-bond donors (Lipinski definition) is 0. The van der Waals surface area contributed by atoms with Crippen LogP contribution in [0.3, 0.4) is 0 Å². The van der Waals surface area contributed by atoms with Crippen molar-refractivity contribution < 1.29 is 9.53 Å². The number of carbonyl (C=O) groups excluding carboxylic acids is 1. The van der Waals surface area contributed by atoms with E-state index in [2.05, 4.69) is 11.9 Å². The lowest BCUT2D eigenvalue weighted by molar-refractivity contribution is 0.0586. The lowest BCUT2D eigenvalue weighted by Crippen LogP contribution is -2.16. The van der Waals surface area contributed by atoms with E-state index in [4.69, 9.17) is 16.3 Å². The summed E-state index contributed by atoms with van der Waals surface area (Å²) < 4.78 is 6.65. The van der Waals surface area contributed by atoms with Gasteiger partial charge in [0.2, 0.25) is 0 Å². The summed E-state index contributed by atoms with van der Waals surface area (Å²) in [6.45, 7) is 2.10. The topological polar surface area (TPSA) is 44.1 Å². The molecule has 0 amide bonds. The normalized spacial score (nSPS) is 12.2. The molecular formula is C15H17ClN2O2. The predicted molar refractivity (Wildman–Crippen MR) is 78.1 cm³/mol. The summed E-state index contributed by atoms with van der Waals surface area (Å²) in [6.07, 6.45) is 5.06. The number of benzene rings is 1. The van der Waals surface area contributed by atoms with Gasteiger partial charge in [-0.15, -0.1) is 0 Å². The fraction of sp³-hybridized carbons (Fsp3) is 0.333. The van der Waals surface area contributed by atoms with Crippen LogP contribution >= 0.6 is 11.6 Å². The summed E-state index contributed by atoms with van der Waals surface area (Å²) in [5.74, 6) is -0.384. The van der Waals surface area contributed by atoms with Crippen molar-refractivity contribution in [2.75, 3.05) is 7.11 Å². The van der Waals surface area contributed by atoms with E-state index in [0.717, 1.165) is 18.4 Å². The van der Waals surface area contributed by atoms with Gasteiger partial charge in [-0.25, -0.2) is 9.78 Å². The standard InChI is InChI=1S/C15H17ClN2O2/c1-3-5-13(11-6-4-7-12(16)8-11)18-10-17-9-14(18)15(19)20-2/h4,6-10,13H,3,5H2,1-2H3. The second-order valence-corrected chi connectivity index (χ2v) is 4.97. The van der Waals surface area contributed by atoms with Gasteiger partial charge in [0.1, 0.15) is 5.69 Å². The highest BCUT2D eigenvalue weighted by molar-refractivity contribution is 6.30. The molecule has 5 heteroatoms. The summed E-state index contributed by atoms with van der Waals surface area (Å²) in [6, 6.07) is 7.70. The highest BCUT2D eigenvalue weighted by atomic mass is 35.5. The molecule has 1 heterocycles. The Hall–Kier alpha value is -1.81. The number of imidazole rings is 1. The maximum Gasteiger partial charge on any atom is 0.356 e. The van der Waals surface area contributed by atoms with E-state index in [1.165, 1.54) is 13.3 Å². The number of aromatic nitrogens is 2. The van der Waals surface area contributed by atoms with Gasteiger partial charge in [0.25, 0.3) is 0 Å². The van der Waals surface area contributed by atoms with E-state index in [-0.39, 0.29) is 12.0 Å². The average Bonchev–Trinajstić information content (AvgIpc) is 2.93. The van der Waals surface area contributed by atoms with Crippen molar-refractivity contribution in [1.82, 2.24) is 9.55 Å². The number of nitrogens with zero attached hydrogens (tertiary/aromatic N) is 2. The Morgan fingerprint density at radius 3 is 2.95 bits per heavy atom. The van der Waals surface area contributed by atoms with E-state index in [1.54, 1.807) is 6.33 Å². The summed E-state index contributed by atoms with van der Waals surface area (Å²) in [5, 5.41) is 0.684. The van der Waals surface area contributed by atoms with Crippen LogP contribution in [0.2, 0.25) is 5.02 Å². The zero-order chi connectivity index (χ0) is 14.5. The molecule has 0 spiro atoms. The molecule has 0 saturated carbocycles. The van der Waals surface area contributed by atoms with Gasteiger partial charge in [-0.05, 0) is 24.1 Å². The maximum absolute atomic E-state index is 11.8. The molecule has 0 fully saturated rings. The highest BCUT2D eigenvalue weighted by Crippen LogP contribution is 2.27. The molecule has 4 nitrogen and oxygen atoms in total. The number of carbonyl (C=O) groups is 1. The minimum atomic E-state index is -0.384. The molecule has 2 rings (SSSR count). The van der Waals surface area contributed by atoms with Crippen LogP contribution in [-0.2, 0) is 4.74 Å². The third kappa shape index (κ3) is 3.02. The van der Waals surface area contributed by atoms with Gasteiger partial charge < -0.3 is 9.30 Å². The van der Waals surface area contributed by atoms with E-state index in [1.807, 2.05) is 28.8 Å². The molecule has 1 aromatic carbocycles. The third-order valence-corrected chi connectivity index (χ3v) is 3.43. The molecule has 0 aliphatic rings. The van der Waals surface area contributed by atoms with Crippen LogP contribution in [0.1, 0.15) is 41.9 Å². The minimum absolute atomic E-state index is 0.0234. The molecule has 0 aliphatic carbocycles. The van der Waals surface area contributed by atoms with Gasteiger partial charge in [0.05, 0.1) is 25.7 Å². The molecule has 1 unspecified atom stereocenters. The molecule has 1 aromatic heterocycles. The van der Waals surface area contributed by atoms with Gasteiger partial charge in [-0.3, -0.25) is 0 Å². The summed E-state index contributed by atoms with van der Waals surface area (Å²) >= 11 is 6.06. The first-order valence-corrected chi connectivity index (χ1v) is 6.90. The van der Waals surface area contributed by atoms with Crippen molar-refractivity contribution in [3.8, 4) is 0 Å². The molecular weight excluding hydrogens is 276 g/mol. The van der Waals surface area contributed by atoms with Crippen LogP contribution in [0.15, 0.2) is 36.8 Å². The molecule has 0 radical (unpaired) electrons. The Balaban J connectivity index is 2.44. The van der Waals surface area contributed by atoms with Crippen molar-refractivity contribution >= 4 is 17.6 Å². The Morgan fingerprint density at radius 1 is 1.50 bits per heavy atom. The summed E-state index contributed by atoms with van der Waals surface area (Å²) in [5.41, 5.74) is 1.51. The van der Waals surface area contributed by atoms with Gasteiger partial charge in [-0.1, -0.05) is 37.1 Å². The number of esters is 1. The number of hydrogen-bond acceptors (Lipinski definition) is 3. The Morgan fingerprint density at radius 2 is 2.30 bits per heavy atom. The van der Waals surface area contributed by atoms with Gasteiger partial charge >= 0.3 is 5.97 Å². The molecule has 1 atom stereocenters. The monoisotopic (exact) mass is 292 g/mol. The Bertz CT molecular complexity index is 595. The van der Waals surface area contributed by atoms with E-state index in [9.17, 15) is 4.79 Å². The fourth-order valence-electron chi connectivity index (χ4n) is 2.27. The van der Waals surface area contributed by atoms with Crippen molar-refractivity contribution in [2.45, 2.75) is 25.8 Å². The van der Waals surface area contributed by atoms with Crippen molar-refractivity contribution in [2.24, 2.45) is 0 Å². The zero-order valence-electron chi connectivity index (χ0n) is 11.5. The van der Waals surface area contributed by atoms with Gasteiger partial charge in [-0.2, -0.15) is 0 Å². The summed E-state index contributed by atoms with van der Waals surface area (Å²) in [7, 11) is 1.37. The van der Waals surface area contributed by atoms with Crippen molar-refractivity contribution in [3.05, 3.63) is 53.1 Å². The lowest BCUT2D eigenvalue weighted by atomic mass is 10.0. The average molecular weight is 293 g/mol. The maximum atomic E-state index is 11.8. The molecule has 0 N–H and O–H groups in total. The SMILES string of the molecule is CCCC(c1cccc(Cl)c1)n1cncc1C(=O)OC. The first-order valence-electron chi connectivity index (χ1n) is 6.53. The smallest absolute Gasteiger partial charge is 0.356 e.